The van der Waals surface area contributed by atoms with Gasteiger partial charge >= 0.3 is 0 Å². The molecule has 1 aliphatic heterocycles. The quantitative estimate of drug-likeness (QED) is 0.856. The normalized spacial score (nSPS) is 15.1. The number of hydrogen-bond donors (Lipinski definition) is 0. The first-order valence-corrected chi connectivity index (χ1v) is 8.23. The Labute approximate surface area is 141 Å². The van der Waals surface area contributed by atoms with Crippen molar-refractivity contribution in [2.24, 2.45) is 0 Å². The molecule has 0 spiro atoms. The van der Waals surface area contributed by atoms with Gasteiger partial charge in [0.25, 0.3) is 5.91 Å². The van der Waals surface area contributed by atoms with Crippen LogP contribution >= 0.6 is 0 Å². The van der Waals surface area contributed by atoms with E-state index in [1.165, 1.54) is 0 Å². The summed E-state index contributed by atoms with van der Waals surface area (Å²) in [7, 11) is 1.68. The summed E-state index contributed by atoms with van der Waals surface area (Å²) in [6.45, 7) is 5.34. The molecule has 0 radical (unpaired) electrons. The molecule has 0 aliphatic carbocycles. The number of amides is 2. The highest BCUT2D eigenvalue weighted by atomic mass is 16.5. The van der Waals surface area contributed by atoms with Crippen molar-refractivity contribution in [3.63, 3.8) is 0 Å². The maximum Gasteiger partial charge on any atom is 0.254 e. The summed E-state index contributed by atoms with van der Waals surface area (Å²) in [5.74, 6) is 0.0964. The topological polar surface area (TPSA) is 54.8 Å². The molecule has 2 aromatic rings. The molecule has 0 N–H and O–H groups in total. The molecule has 2 amide bonds. The van der Waals surface area contributed by atoms with E-state index in [1.54, 1.807) is 18.9 Å². The van der Waals surface area contributed by atoms with Crippen LogP contribution in [0.3, 0.4) is 0 Å². The Bertz CT molecular complexity index is 745. The zero-order chi connectivity index (χ0) is 17.1. The first-order valence-electron chi connectivity index (χ1n) is 8.23. The fourth-order valence-corrected chi connectivity index (χ4v) is 3.11. The summed E-state index contributed by atoms with van der Waals surface area (Å²) in [6, 6.07) is 7.86. The number of fused-ring (bicyclic) bond motifs is 1. The van der Waals surface area contributed by atoms with Crippen LogP contribution in [-0.4, -0.2) is 66.1 Å². The van der Waals surface area contributed by atoms with Gasteiger partial charge in [-0.15, -0.1) is 0 Å². The fraction of sp³-hybridized carbons (Fsp3) is 0.444. The number of rotatable bonds is 4. The van der Waals surface area contributed by atoms with Crippen LogP contribution in [-0.2, 0) is 16.1 Å². The molecule has 24 heavy (non-hydrogen) atoms. The van der Waals surface area contributed by atoms with E-state index >= 15 is 0 Å². The molecule has 1 saturated heterocycles. The second-order valence-electron chi connectivity index (χ2n) is 6.07. The Kier molecular flexibility index (Phi) is 4.85. The highest BCUT2D eigenvalue weighted by Gasteiger charge is 2.23. The van der Waals surface area contributed by atoms with Crippen molar-refractivity contribution in [1.82, 2.24) is 14.4 Å². The lowest BCUT2D eigenvalue weighted by molar-refractivity contribution is -0.130. The third kappa shape index (κ3) is 3.28. The molecule has 1 fully saturated rings. The molecule has 2 heterocycles. The number of carbonyl (C=O) groups excluding carboxylic acids is 2. The Balaban J connectivity index is 1.76. The van der Waals surface area contributed by atoms with Gasteiger partial charge in [0.05, 0.1) is 6.61 Å². The number of carbonyl (C=O) groups is 2. The number of aromatic nitrogens is 1. The number of hydrogen-bond acceptors (Lipinski definition) is 3. The van der Waals surface area contributed by atoms with Crippen LogP contribution in [0.5, 0.6) is 0 Å². The average molecular weight is 329 g/mol. The van der Waals surface area contributed by atoms with Crippen LogP contribution in [0.25, 0.3) is 10.9 Å². The van der Waals surface area contributed by atoms with Gasteiger partial charge in [-0.2, -0.15) is 0 Å². The van der Waals surface area contributed by atoms with Crippen LogP contribution < -0.4 is 0 Å². The largest absolute Gasteiger partial charge is 0.383 e. The summed E-state index contributed by atoms with van der Waals surface area (Å²) >= 11 is 0. The van der Waals surface area contributed by atoms with E-state index in [9.17, 15) is 9.59 Å². The lowest BCUT2D eigenvalue weighted by atomic mass is 10.1. The van der Waals surface area contributed by atoms with Gasteiger partial charge < -0.3 is 19.1 Å². The zero-order valence-corrected chi connectivity index (χ0v) is 14.2. The van der Waals surface area contributed by atoms with Gasteiger partial charge in [0.15, 0.2) is 0 Å². The summed E-state index contributed by atoms with van der Waals surface area (Å²) in [5.41, 5.74) is 1.73. The number of methoxy groups -OCH3 is 1. The summed E-state index contributed by atoms with van der Waals surface area (Å²) in [6.07, 6.45) is 2.02. The van der Waals surface area contributed by atoms with Gasteiger partial charge in [-0.3, -0.25) is 9.59 Å². The van der Waals surface area contributed by atoms with Gasteiger partial charge in [-0.1, -0.05) is 6.07 Å². The van der Waals surface area contributed by atoms with Crippen LogP contribution in [0.15, 0.2) is 30.5 Å². The van der Waals surface area contributed by atoms with E-state index < -0.39 is 0 Å². The minimum atomic E-state index is 0.0274. The summed E-state index contributed by atoms with van der Waals surface area (Å²) < 4.78 is 7.24. The van der Waals surface area contributed by atoms with Crippen molar-refractivity contribution in [3.05, 3.63) is 36.0 Å². The fourth-order valence-electron chi connectivity index (χ4n) is 3.11. The van der Waals surface area contributed by atoms with Crippen LogP contribution in [0.2, 0.25) is 0 Å². The maximum absolute atomic E-state index is 12.8. The van der Waals surface area contributed by atoms with E-state index in [1.807, 2.05) is 35.4 Å². The molecular weight excluding hydrogens is 306 g/mol. The third-order valence-corrected chi connectivity index (χ3v) is 4.57. The van der Waals surface area contributed by atoms with Gasteiger partial charge in [0.2, 0.25) is 5.91 Å². The molecule has 6 nitrogen and oxygen atoms in total. The van der Waals surface area contributed by atoms with E-state index in [0.717, 1.165) is 17.4 Å². The maximum atomic E-state index is 12.8. The first kappa shape index (κ1) is 16.5. The molecule has 6 heteroatoms. The van der Waals surface area contributed by atoms with Crippen molar-refractivity contribution >= 4 is 22.7 Å². The molecule has 128 valence electrons. The molecule has 1 aromatic carbocycles. The average Bonchev–Trinajstić information content (AvgIpc) is 3.01. The molecule has 1 aliphatic rings. The Morgan fingerprint density at radius 3 is 2.46 bits per heavy atom. The van der Waals surface area contributed by atoms with E-state index in [2.05, 4.69) is 4.57 Å². The van der Waals surface area contributed by atoms with Crippen molar-refractivity contribution in [3.8, 4) is 0 Å². The Morgan fingerprint density at radius 2 is 1.79 bits per heavy atom. The van der Waals surface area contributed by atoms with Crippen molar-refractivity contribution in [1.29, 1.82) is 0 Å². The molecule has 0 atom stereocenters. The highest BCUT2D eigenvalue weighted by Crippen LogP contribution is 2.19. The van der Waals surface area contributed by atoms with Gasteiger partial charge in [0, 0.05) is 64.0 Å². The lowest BCUT2D eigenvalue weighted by Gasteiger charge is -2.34. The third-order valence-electron chi connectivity index (χ3n) is 4.57. The number of benzene rings is 1. The second kappa shape index (κ2) is 7.05. The predicted octanol–water partition coefficient (Wildman–Crippen LogP) is 1.59. The summed E-state index contributed by atoms with van der Waals surface area (Å²) in [5, 5.41) is 1.11. The molecule has 0 unspecified atom stereocenters. The highest BCUT2D eigenvalue weighted by molar-refractivity contribution is 5.98. The monoisotopic (exact) mass is 329 g/mol. The minimum Gasteiger partial charge on any atom is -0.383 e. The van der Waals surface area contributed by atoms with E-state index in [-0.39, 0.29) is 11.8 Å². The van der Waals surface area contributed by atoms with Crippen molar-refractivity contribution < 1.29 is 14.3 Å². The van der Waals surface area contributed by atoms with Crippen molar-refractivity contribution in [2.75, 3.05) is 39.9 Å². The number of nitrogens with zero attached hydrogens (tertiary/aromatic N) is 3. The number of ether oxygens (including phenoxy) is 1. The van der Waals surface area contributed by atoms with Gasteiger partial charge in [0.1, 0.15) is 0 Å². The van der Waals surface area contributed by atoms with Crippen molar-refractivity contribution in [2.45, 2.75) is 13.5 Å². The predicted molar refractivity (Wildman–Crippen MR) is 92.0 cm³/mol. The minimum absolute atomic E-state index is 0.0274. The Morgan fingerprint density at radius 1 is 1.08 bits per heavy atom. The number of piperazine rings is 1. The lowest BCUT2D eigenvalue weighted by Crippen LogP contribution is -2.50. The second-order valence-corrected chi connectivity index (χ2v) is 6.07. The van der Waals surface area contributed by atoms with Crippen LogP contribution in [0.4, 0.5) is 0 Å². The van der Waals surface area contributed by atoms with E-state index in [4.69, 9.17) is 4.74 Å². The molecule has 0 bridgehead atoms. The van der Waals surface area contributed by atoms with Crippen LogP contribution in [0.1, 0.15) is 17.3 Å². The first-order chi connectivity index (χ1) is 11.6. The standard InChI is InChI=1S/C18H23N3O3/c1-14(22)19-7-9-21(10-8-19)18(23)16-4-3-15-5-6-20(11-12-24-2)17(15)13-16/h3-6,13H,7-12H2,1-2H3. The molecule has 3 rings (SSSR count). The van der Waals surface area contributed by atoms with Crippen LogP contribution in [0, 0.1) is 0 Å². The Hall–Kier alpha value is -2.34. The van der Waals surface area contributed by atoms with Gasteiger partial charge in [-0.05, 0) is 23.6 Å². The van der Waals surface area contributed by atoms with Gasteiger partial charge in [-0.25, -0.2) is 0 Å². The summed E-state index contributed by atoms with van der Waals surface area (Å²) in [4.78, 5) is 27.8. The molecular formula is C18H23N3O3. The SMILES string of the molecule is COCCn1ccc2ccc(C(=O)N3CCN(C(C)=O)CC3)cc21. The van der Waals surface area contributed by atoms with E-state index in [0.29, 0.717) is 38.3 Å². The molecule has 1 aromatic heterocycles. The zero-order valence-electron chi connectivity index (χ0n) is 14.2. The smallest absolute Gasteiger partial charge is 0.254 e. The molecule has 0 saturated carbocycles.